The number of nitrogens with one attached hydrogen (secondary N) is 1. The Morgan fingerprint density at radius 2 is 1.97 bits per heavy atom. The van der Waals surface area contributed by atoms with E-state index in [0.717, 1.165) is 41.5 Å². The van der Waals surface area contributed by atoms with Gasteiger partial charge in [0, 0.05) is 17.6 Å². The van der Waals surface area contributed by atoms with Gasteiger partial charge in [0.2, 0.25) is 5.91 Å². The van der Waals surface area contributed by atoms with Crippen molar-refractivity contribution in [3.63, 3.8) is 0 Å². The number of benzene rings is 1. The first-order chi connectivity index (χ1) is 15.4. The maximum absolute atomic E-state index is 13.8. The Balaban J connectivity index is 1.52. The van der Waals surface area contributed by atoms with E-state index in [4.69, 9.17) is 11.6 Å². The highest BCUT2D eigenvalue weighted by atomic mass is 35.5. The number of rotatable bonds is 4. The third kappa shape index (κ3) is 3.63. The molecule has 1 saturated carbocycles. The van der Waals surface area contributed by atoms with Crippen LogP contribution in [0.3, 0.4) is 0 Å². The summed E-state index contributed by atoms with van der Waals surface area (Å²) in [6.07, 6.45) is 4.23. The minimum absolute atomic E-state index is 0.0832. The highest BCUT2D eigenvalue weighted by Gasteiger charge is 2.48. The van der Waals surface area contributed by atoms with E-state index in [-0.39, 0.29) is 17.9 Å². The monoisotopic (exact) mass is 469 g/mol. The molecule has 32 heavy (non-hydrogen) atoms. The van der Waals surface area contributed by atoms with Crippen LogP contribution in [-0.4, -0.2) is 32.9 Å². The minimum atomic E-state index is -1.01. The molecule has 0 bridgehead atoms. The molecule has 0 radical (unpaired) electrons. The second-order valence-corrected chi connectivity index (χ2v) is 10.8. The second-order valence-electron chi connectivity index (χ2n) is 9.47. The molecule has 0 saturated heterocycles. The van der Waals surface area contributed by atoms with E-state index in [1.165, 1.54) is 0 Å². The van der Waals surface area contributed by atoms with E-state index < -0.39 is 5.54 Å². The first-order valence-corrected chi connectivity index (χ1v) is 12.6. The van der Waals surface area contributed by atoms with Gasteiger partial charge in [-0.25, -0.2) is 0 Å². The van der Waals surface area contributed by atoms with Crippen LogP contribution in [0.1, 0.15) is 55.6 Å². The van der Waals surface area contributed by atoms with Gasteiger partial charge in [-0.05, 0) is 67.7 Å². The number of hydrogen-bond donors (Lipinski definition) is 1. The molecule has 3 heterocycles. The largest absolute Gasteiger partial charge is 0.351 e. The summed E-state index contributed by atoms with van der Waals surface area (Å²) < 4.78 is 3.08. The van der Waals surface area contributed by atoms with Gasteiger partial charge in [-0.1, -0.05) is 36.7 Å². The van der Waals surface area contributed by atoms with Gasteiger partial charge < -0.3 is 14.8 Å². The van der Waals surface area contributed by atoms with Gasteiger partial charge in [0.05, 0.1) is 16.8 Å². The number of aromatic nitrogens is 1. The van der Waals surface area contributed by atoms with E-state index in [1.54, 1.807) is 16.2 Å². The Kier molecular flexibility index (Phi) is 5.54. The van der Waals surface area contributed by atoms with Gasteiger partial charge in [0.25, 0.3) is 5.91 Å². The third-order valence-corrected chi connectivity index (χ3v) is 8.40. The normalized spacial score (nSPS) is 25.7. The highest BCUT2D eigenvalue weighted by Crippen LogP contribution is 2.36. The van der Waals surface area contributed by atoms with E-state index in [2.05, 4.69) is 12.2 Å². The molecule has 2 aliphatic rings. The Morgan fingerprint density at radius 1 is 1.22 bits per heavy atom. The van der Waals surface area contributed by atoms with Crippen LogP contribution in [0.25, 0.3) is 10.2 Å². The zero-order chi connectivity index (χ0) is 22.5. The predicted octanol–water partition coefficient (Wildman–Crippen LogP) is 5.47. The van der Waals surface area contributed by atoms with E-state index in [1.807, 2.05) is 53.3 Å². The fourth-order valence-corrected chi connectivity index (χ4v) is 6.08. The average Bonchev–Trinajstić information content (AvgIpc) is 3.36. The number of hydrogen-bond acceptors (Lipinski definition) is 3. The number of nitrogens with zero attached hydrogens (tertiary/aromatic N) is 2. The Hall–Kier alpha value is -2.31. The molecule has 1 N–H and O–H groups in total. The molecule has 5 rings (SSSR count). The number of halogens is 1. The standard InChI is InChI=1S/C25H28ClN3O2S/c1-16-7-9-18(10-8-16)27-24(31)25(2)15-28-20-11-12-32-22(20)13-21(28)23(30)29(25)14-17-5-3-4-6-19(17)26/h3-6,11-13,16,18H,7-10,14-15H2,1-2H3,(H,27,31)/t16?,18?,25-/m0/s1. The van der Waals surface area contributed by atoms with Crippen LogP contribution in [0.2, 0.25) is 5.02 Å². The zero-order valence-corrected chi connectivity index (χ0v) is 20.0. The summed E-state index contributed by atoms with van der Waals surface area (Å²) in [4.78, 5) is 29.2. The Labute approximate surface area is 197 Å². The Morgan fingerprint density at radius 3 is 2.72 bits per heavy atom. The van der Waals surface area contributed by atoms with Crippen molar-refractivity contribution in [1.82, 2.24) is 14.8 Å². The fourth-order valence-electron chi connectivity index (χ4n) is 5.06. The minimum Gasteiger partial charge on any atom is -0.351 e. The molecular weight excluding hydrogens is 442 g/mol. The zero-order valence-electron chi connectivity index (χ0n) is 18.4. The van der Waals surface area contributed by atoms with Gasteiger partial charge in [0.1, 0.15) is 11.2 Å². The van der Waals surface area contributed by atoms with Crippen LogP contribution in [-0.2, 0) is 17.9 Å². The molecule has 1 aliphatic heterocycles. The first-order valence-electron chi connectivity index (χ1n) is 11.3. The average molecular weight is 470 g/mol. The van der Waals surface area contributed by atoms with Crippen molar-refractivity contribution in [2.45, 2.75) is 64.2 Å². The van der Waals surface area contributed by atoms with Gasteiger partial charge >= 0.3 is 0 Å². The van der Waals surface area contributed by atoms with E-state index >= 15 is 0 Å². The molecule has 168 valence electrons. The molecule has 1 fully saturated rings. The first kappa shape index (κ1) is 21.5. The van der Waals surface area contributed by atoms with Crippen LogP contribution in [0.4, 0.5) is 0 Å². The Bertz CT molecular complexity index is 1180. The molecule has 1 aromatic carbocycles. The van der Waals surface area contributed by atoms with Crippen LogP contribution in [0, 0.1) is 5.92 Å². The van der Waals surface area contributed by atoms with Gasteiger partial charge in [0.15, 0.2) is 0 Å². The molecule has 5 nitrogen and oxygen atoms in total. The van der Waals surface area contributed by atoms with Crippen molar-refractivity contribution in [1.29, 1.82) is 0 Å². The fraction of sp³-hybridized carbons (Fsp3) is 0.440. The lowest BCUT2D eigenvalue weighted by Crippen LogP contribution is -2.64. The summed E-state index contributed by atoms with van der Waals surface area (Å²) in [6, 6.07) is 11.7. The van der Waals surface area contributed by atoms with Gasteiger partial charge in [-0.2, -0.15) is 0 Å². The molecule has 0 spiro atoms. The summed E-state index contributed by atoms with van der Waals surface area (Å²) in [5.41, 5.74) is 1.48. The lowest BCUT2D eigenvalue weighted by molar-refractivity contribution is -0.134. The molecule has 7 heteroatoms. The summed E-state index contributed by atoms with van der Waals surface area (Å²) in [7, 11) is 0. The van der Waals surface area contributed by atoms with E-state index in [0.29, 0.717) is 29.7 Å². The van der Waals surface area contributed by atoms with Gasteiger partial charge in [-0.3, -0.25) is 9.59 Å². The van der Waals surface area contributed by atoms with Crippen LogP contribution in [0.5, 0.6) is 0 Å². The van der Waals surface area contributed by atoms with E-state index in [9.17, 15) is 9.59 Å². The van der Waals surface area contributed by atoms with Crippen molar-refractivity contribution in [3.05, 3.63) is 58.1 Å². The molecule has 2 amide bonds. The smallest absolute Gasteiger partial charge is 0.271 e. The molecule has 2 aromatic heterocycles. The molecule has 1 aliphatic carbocycles. The molecule has 3 aromatic rings. The second kappa shape index (κ2) is 8.23. The van der Waals surface area contributed by atoms with Crippen molar-refractivity contribution in [2.24, 2.45) is 5.92 Å². The molecule has 0 unspecified atom stereocenters. The van der Waals surface area contributed by atoms with Crippen LogP contribution < -0.4 is 5.32 Å². The van der Waals surface area contributed by atoms with Crippen molar-refractivity contribution >= 4 is 45.0 Å². The number of carbonyl (C=O) groups excluding carboxylic acids is 2. The number of thiophene rings is 1. The number of fused-ring (bicyclic) bond motifs is 3. The van der Waals surface area contributed by atoms with Gasteiger partial charge in [-0.15, -0.1) is 11.3 Å². The lowest BCUT2D eigenvalue weighted by atomic mass is 9.86. The number of amides is 2. The van der Waals surface area contributed by atoms with Crippen molar-refractivity contribution < 1.29 is 9.59 Å². The maximum Gasteiger partial charge on any atom is 0.271 e. The molecular formula is C25H28ClN3O2S. The summed E-state index contributed by atoms with van der Waals surface area (Å²) >= 11 is 8.05. The van der Waals surface area contributed by atoms with Crippen LogP contribution in [0.15, 0.2) is 41.8 Å². The van der Waals surface area contributed by atoms with Crippen molar-refractivity contribution in [3.8, 4) is 0 Å². The predicted molar refractivity (Wildman–Crippen MR) is 129 cm³/mol. The van der Waals surface area contributed by atoms with Crippen molar-refractivity contribution in [2.75, 3.05) is 0 Å². The lowest BCUT2D eigenvalue weighted by Gasteiger charge is -2.45. The quantitative estimate of drug-likeness (QED) is 0.551. The number of carbonyl (C=O) groups is 2. The summed E-state index contributed by atoms with van der Waals surface area (Å²) in [5, 5.41) is 5.92. The third-order valence-electron chi connectivity index (χ3n) is 7.18. The molecule has 1 atom stereocenters. The topological polar surface area (TPSA) is 54.3 Å². The maximum atomic E-state index is 13.8. The summed E-state index contributed by atoms with van der Waals surface area (Å²) in [6.45, 7) is 4.88. The van der Waals surface area contributed by atoms with Crippen LogP contribution >= 0.6 is 22.9 Å². The summed E-state index contributed by atoms with van der Waals surface area (Å²) in [5.74, 6) is 0.496. The highest BCUT2D eigenvalue weighted by molar-refractivity contribution is 7.17. The SMILES string of the molecule is CC1CCC(NC(=O)[C@]2(C)Cn3c(cc4sccc43)C(=O)N2Cc2ccccc2Cl)CC1.